The first kappa shape index (κ1) is 14.5. The Hall–Kier alpha value is -0.920. The van der Waals surface area contributed by atoms with Crippen molar-refractivity contribution in [1.82, 2.24) is 0 Å². The number of hydrogen-bond acceptors (Lipinski definition) is 5. The number of nitrogens with two attached hydrogens (primary N) is 1. The summed E-state index contributed by atoms with van der Waals surface area (Å²) in [4.78, 5) is 0. The summed E-state index contributed by atoms with van der Waals surface area (Å²) in [5.74, 6) is 0.721. The highest BCUT2D eigenvalue weighted by atomic mass is 32.2. The van der Waals surface area contributed by atoms with Crippen molar-refractivity contribution < 1.29 is 17.4 Å². The molecular formula is C12H17NO4S2. The second-order valence-corrected chi connectivity index (χ2v) is 8.66. The van der Waals surface area contributed by atoms with E-state index in [-0.39, 0.29) is 29.4 Å². The summed E-state index contributed by atoms with van der Waals surface area (Å²) in [6.45, 7) is 0.258. The lowest BCUT2D eigenvalue weighted by molar-refractivity contribution is 0.273. The van der Waals surface area contributed by atoms with Crippen LogP contribution in [0.3, 0.4) is 0 Å². The SMILES string of the molecule is CS(=O)(=O)CCS(=O)C1COc2ccccc2C1N. The molecule has 0 fully saturated rings. The Morgan fingerprint density at radius 1 is 1.42 bits per heavy atom. The Morgan fingerprint density at radius 3 is 2.79 bits per heavy atom. The van der Waals surface area contributed by atoms with Crippen molar-refractivity contribution in [1.29, 1.82) is 0 Å². The van der Waals surface area contributed by atoms with Crippen molar-refractivity contribution in [2.75, 3.05) is 24.4 Å². The van der Waals surface area contributed by atoms with Crippen LogP contribution in [0.25, 0.3) is 0 Å². The van der Waals surface area contributed by atoms with Gasteiger partial charge in [0.05, 0.1) is 17.0 Å². The van der Waals surface area contributed by atoms with Gasteiger partial charge in [-0.15, -0.1) is 0 Å². The van der Waals surface area contributed by atoms with Crippen molar-refractivity contribution in [2.45, 2.75) is 11.3 Å². The van der Waals surface area contributed by atoms with E-state index >= 15 is 0 Å². The lowest BCUT2D eigenvalue weighted by atomic mass is 10.0. The zero-order valence-electron chi connectivity index (χ0n) is 10.6. The van der Waals surface area contributed by atoms with Crippen LogP contribution in [-0.2, 0) is 20.6 Å². The molecule has 0 amide bonds. The molecule has 1 aromatic carbocycles. The smallest absolute Gasteiger partial charge is 0.148 e. The van der Waals surface area contributed by atoms with Gasteiger partial charge < -0.3 is 10.5 Å². The summed E-state index contributed by atoms with van der Waals surface area (Å²) in [6, 6.07) is 6.99. The molecule has 1 aliphatic rings. The van der Waals surface area contributed by atoms with Crippen molar-refractivity contribution in [3.63, 3.8) is 0 Å². The van der Waals surface area contributed by atoms with Crippen LogP contribution in [0.15, 0.2) is 24.3 Å². The van der Waals surface area contributed by atoms with Crippen LogP contribution in [0.5, 0.6) is 5.75 Å². The molecule has 0 aliphatic carbocycles. The monoisotopic (exact) mass is 303 g/mol. The number of ether oxygens (including phenoxy) is 1. The van der Waals surface area contributed by atoms with Crippen LogP contribution in [0, 0.1) is 0 Å². The van der Waals surface area contributed by atoms with Gasteiger partial charge in [-0.3, -0.25) is 4.21 Å². The minimum atomic E-state index is -3.11. The minimum absolute atomic E-state index is 0.0928. The first-order valence-electron chi connectivity index (χ1n) is 5.91. The van der Waals surface area contributed by atoms with Gasteiger partial charge in [0.2, 0.25) is 0 Å². The van der Waals surface area contributed by atoms with Crippen LogP contribution in [0.4, 0.5) is 0 Å². The maximum Gasteiger partial charge on any atom is 0.148 e. The van der Waals surface area contributed by atoms with Gasteiger partial charge in [0, 0.05) is 28.4 Å². The summed E-state index contributed by atoms with van der Waals surface area (Å²) in [6.07, 6.45) is 1.14. The predicted octanol–water partition coefficient (Wildman–Crippen LogP) is 0.241. The van der Waals surface area contributed by atoms with Crippen LogP contribution < -0.4 is 10.5 Å². The molecule has 1 aliphatic heterocycles. The van der Waals surface area contributed by atoms with Gasteiger partial charge in [0.1, 0.15) is 22.2 Å². The molecule has 0 saturated heterocycles. The molecule has 3 unspecified atom stereocenters. The molecule has 2 rings (SSSR count). The highest BCUT2D eigenvalue weighted by molar-refractivity contribution is 7.92. The first-order chi connectivity index (χ1) is 8.88. The van der Waals surface area contributed by atoms with E-state index in [0.29, 0.717) is 5.75 Å². The zero-order chi connectivity index (χ0) is 14.0. The Morgan fingerprint density at radius 2 is 2.11 bits per heavy atom. The Balaban J connectivity index is 2.09. The highest BCUT2D eigenvalue weighted by Crippen LogP contribution is 2.32. The number of fused-ring (bicyclic) bond motifs is 1. The molecule has 0 radical (unpaired) electrons. The van der Waals surface area contributed by atoms with Crippen molar-refractivity contribution in [3.05, 3.63) is 29.8 Å². The van der Waals surface area contributed by atoms with Gasteiger partial charge in [-0.05, 0) is 6.07 Å². The summed E-state index contributed by atoms with van der Waals surface area (Å²) in [7, 11) is -4.43. The molecule has 2 N–H and O–H groups in total. The summed E-state index contributed by atoms with van der Waals surface area (Å²) in [5.41, 5.74) is 6.93. The van der Waals surface area contributed by atoms with Crippen LogP contribution >= 0.6 is 0 Å². The fourth-order valence-corrected chi connectivity index (χ4v) is 4.85. The molecule has 0 spiro atoms. The van der Waals surface area contributed by atoms with E-state index in [1.807, 2.05) is 24.3 Å². The van der Waals surface area contributed by atoms with Crippen molar-refractivity contribution in [2.24, 2.45) is 5.73 Å². The molecule has 0 aromatic heterocycles. The van der Waals surface area contributed by atoms with E-state index in [4.69, 9.17) is 10.5 Å². The fourth-order valence-electron chi connectivity index (χ4n) is 1.99. The van der Waals surface area contributed by atoms with Gasteiger partial charge in [-0.2, -0.15) is 0 Å². The van der Waals surface area contributed by atoms with Crippen LogP contribution in [-0.4, -0.2) is 42.2 Å². The lowest BCUT2D eigenvalue weighted by Crippen LogP contribution is -2.40. The van der Waals surface area contributed by atoms with Gasteiger partial charge in [0.15, 0.2) is 0 Å². The topological polar surface area (TPSA) is 86.5 Å². The van der Waals surface area contributed by atoms with Crippen molar-refractivity contribution >= 4 is 20.6 Å². The Kier molecular flexibility index (Phi) is 4.27. The largest absolute Gasteiger partial charge is 0.492 e. The number of benzene rings is 1. The van der Waals surface area contributed by atoms with Crippen molar-refractivity contribution in [3.8, 4) is 5.75 Å². The third-order valence-electron chi connectivity index (χ3n) is 3.07. The van der Waals surface area contributed by atoms with E-state index in [1.165, 1.54) is 0 Å². The van der Waals surface area contributed by atoms with Crippen LogP contribution in [0.1, 0.15) is 11.6 Å². The second kappa shape index (κ2) is 5.60. The number of para-hydroxylation sites is 1. The summed E-state index contributed by atoms with van der Waals surface area (Å²) < 4.78 is 39.9. The van der Waals surface area contributed by atoms with E-state index in [9.17, 15) is 12.6 Å². The van der Waals surface area contributed by atoms with Gasteiger partial charge in [0.25, 0.3) is 0 Å². The van der Waals surface area contributed by atoms with E-state index in [1.54, 1.807) is 0 Å². The van der Waals surface area contributed by atoms with Gasteiger partial charge in [-0.25, -0.2) is 8.42 Å². The van der Waals surface area contributed by atoms with E-state index < -0.39 is 20.6 Å². The van der Waals surface area contributed by atoms with Crippen LogP contribution in [0.2, 0.25) is 0 Å². The highest BCUT2D eigenvalue weighted by Gasteiger charge is 2.32. The number of hydrogen-bond donors (Lipinski definition) is 1. The van der Waals surface area contributed by atoms with Gasteiger partial charge >= 0.3 is 0 Å². The fraction of sp³-hybridized carbons (Fsp3) is 0.500. The molecule has 19 heavy (non-hydrogen) atoms. The molecule has 7 heteroatoms. The Labute approximate surface area is 115 Å². The normalized spacial score (nSPS) is 24.3. The summed E-state index contributed by atoms with van der Waals surface area (Å²) >= 11 is 0. The first-order valence-corrected chi connectivity index (χ1v) is 9.35. The number of rotatable bonds is 4. The Bertz CT molecular complexity index is 585. The average Bonchev–Trinajstić information content (AvgIpc) is 2.36. The second-order valence-electron chi connectivity index (χ2n) is 4.63. The third kappa shape index (κ3) is 3.55. The third-order valence-corrected chi connectivity index (χ3v) is 5.99. The standard InChI is InChI=1S/C12H17NO4S2/c1-19(15,16)7-6-18(14)11-8-17-10-5-3-2-4-9(10)12(11)13/h2-5,11-12H,6-8,13H2,1H3. The maximum absolute atomic E-state index is 12.2. The summed E-state index contributed by atoms with van der Waals surface area (Å²) in [5, 5.41) is -0.364. The van der Waals surface area contributed by atoms with E-state index in [2.05, 4.69) is 0 Å². The quantitative estimate of drug-likeness (QED) is 0.861. The van der Waals surface area contributed by atoms with Gasteiger partial charge in [-0.1, -0.05) is 18.2 Å². The lowest BCUT2D eigenvalue weighted by Gasteiger charge is -2.30. The molecule has 0 saturated carbocycles. The molecular weight excluding hydrogens is 286 g/mol. The molecule has 1 heterocycles. The predicted molar refractivity (Wildman–Crippen MR) is 75.4 cm³/mol. The molecule has 5 nitrogen and oxygen atoms in total. The molecule has 0 bridgehead atoms. The molecule has 106 valence electrons. The molecule has 1 aromatic rings. The maximum atomic E-state index is 12.2. The average molecular weight is 303 g/mol. The number of sulfone groups is 1. The zero-order valence-corrected chi connectivity index (χ0v) is 12.2. The molecule has 3 atom stereocenters. The minimum Gasteiger partial charge on any atom is -0.492 e. The van der Waals surface area contributed by atoms with E-state index in [0.717, 1.165) is 11.8 Å².